The Morgan fingerprint density at radius 2 is 2.20 bits per heavy atom. The van der Waals surface area contributed by atoms with Gasteiger partial charge >= 0.3 is 0 Å². The zero-order valence-corrected chi connectivity index (χ0v) is 14.6. The van der Waals surface area contributed by atoms with Gasteiger partial charge in [0.25, 0.3) is 0 Å². The highest BCUT2D eigenvalue weighted by molar-refractivity contribution is 6.29. The molecule has 1 fully saturated rings. The molecule has 0 radical (unpaired) electrons. The van der Waals surface area contributed by atoms with Crippen molar-refractivity contribution in [2.75, 3.05) is 30.3 Å². The molecule has 3 aromatic rings. The monoisotopic (exact) mass is 358 g/mol. The van der Waals surface area contributed by atoms with E-state index < -0.39 is 0 Å². The van der Waals surface area contributed by atoms with Crippen molar-refractivity contribution >= 4 is 28.8 Å². The lowest BCUT2D eigenvalue weighted by molar-refractivity contribution is 0.220. The summed E-state index contributed by atoms with van der Waals surface area (Å²) >= 11 is 5.99. The molecule has 0 bridgehead atoms. The minimum absolute atomic E-state index is 0.328. The summed E-state index contributed by atoms with van der Waals surface area (Å²) in [4.78, 5) is 8.69. The Hall–Kier alpha value is -2.45. The summed E-state index contributed by atoms with van der Waals surface area (Å²) in [6, 6.07) is 6.11. The molecule has 2 N–H and O–H groups in total. The summed E-state index contributed by atoms with van der Waals surface area (Å²) in [7, 11) is 0. The van der Waals surface area contributed by atoms with Gasteiger partial charge in [-0.1, -0.05) is 11.6 Å². The second kappa shape index (κ2) is 6.45. The summed E-state index contributed by atoms with van der Waals surface area (Å²) in [6.07, 6.45) is 3.24. The third kappa shape index (κ3) is 3.22. The first-order chi connectivity index (χ1) is 12.1. The number of halogens is 1. The van der Waals surface area contributed by atoms with Gasteiger partial charge in [-0.15, -0.1) is 15.3 Å². The normalized spacial score (nSPS) is 18.8. The molecule has 1 saturated heterocycles. The Kier molecular flexibility index (Phi) is 4.14. The largest absolute Gasteiger partial charge is 0.397 e. The van der Waals surface area contributed by atoms with Crippen LogP contribution < -0.4 is 10.6 Å². The Morgan fingerprint density at radius 1 is 1.32 bits per heavy atom. The molecular formula is C16H19ClN8. The second-order valence-corrected chi connectivity index (χ2v) is 6.70. The first-order valence-electron chi connectivity index (χ1n) is 8.16. The molecule has 0 saturated carbocycles. The molecule has 3 aromatic heterocycles. The van der Waals surface area contributed by atoms with Crippen LogP contribution in [0.4, 0.5) is 11.5 Å². The van der Waals surface area contributed by atoms with Crippen molar-refractivity contribution in [3.8, 4) is 0 Å². The smallest absolute Gasteiger partial charge is 0.177 e. The molecule has 4 rings (SSSR count). The zero-order valence-electron chi connectivity index (χ0n) is 13.9. The number of pyridine rings is 1. The summed E-state index contributed by atoms with van der Waals surface area (Å²) in [5, 5.41) is 12.9. The number of nitrogens with zero attached hydrogens (tertiary/aromatic N) is 7. The standard InChI is InChI=1S/C16H19ClN8/c1-11-8-23(9-12-6-14(17)19-7-13(12)18)4-5-24(11)16-3-2-15-21-20-10-25(15)22-16/h2-3,6-7,10-11H,4-5,8-9,18H2,1H3. The third-order valence-corrected chi connectivity index (χ3v) is 4.75. The van der Waals surface area contributed by atoms with E-state index in [9.17, 15) is 0 Å². The minimum Gasteiger partial charge on any atom is -0.397 e. The summed E-state index contributed by atoms with van der Waals surface area (Å²) in [5.41, 5.74) is 8.47. The number of aromatic nitrogens is 5. The molecule has 1 aliphatic heterocycles. The zero-order chi connectivity index (χ0) is 17.4. The quantitative estimate of drug-likeness (QED) is 0.709. The van der Waals surface area contributed by atoms with Gasteiger partial charge in [-0.25, -0.2) is 4.98 Å². The van der Waals surface area contributed by atoms with Crippen LogP contribution in [0.15, 0.2) is 30.7 Å². The SMILES string of the molecule is CC1CN(Cc2cc(Cl)ncc2N)CCN1c1ccc2nncn2n1. The number of fused-ring (bicyclic) bond motifs is 1. The van der Waals surface area contributed by atoms with E-state index in [4.69, 9.17) is 17.3 Å². The van der Waals surface area contributed by atoms with E-state index in [1.807, 2.05) is 18.2 Å². The fourth-order valence-electron chi connectivity index (χ4n) is 3.24. The summed E-state index contributed by atoms with van der Waals surface area (Å²) < 4.78 is 1.70. The summed E-state index contributed by atoms with van der Waals surface area (Å²) in [6.45, 7) is 5.70. The maximum absolute atomic E-state index is 6.02. The van der Waals surface area contributed by atoms with E-state index in [0.717, 1.165) is 43.2 Å². The van der Waals surface area contributed by atoms with Crippen molar-refractivity contribution in [3.63, 3.8) is 0 Å². The van der Waals surface area contributed by atoms with Gasteiger partial charge in [-0.05, 0) is 30.7 Å². The lowest BCUT2D eigenvalue weighted by atomic mass is 10.1. The Labute approximate surface area is 150 Å². The number of anilines is 2. The lowest BCUT2D eigenvalue weighted by Gasteiger charge is -2.40. The molecule has 1 aliphatic rings. The third-order valence-electron chi connectivity index (χ3n) is 4.54. The van der Waals surface area contributed by atoms with Crippen molar-refractivity contribution in [1.29, 1.82) is 0 Å². The van der Waals surface area contributed by atoms with Gasteiger partial charge < -0.3 is 10.6 Å². The molecule has 0 spiro atoms. The van der Waals surface area contributed by atoms with Crippen LogP contribution in [0.5, 0.6) is 0 Å². The van der Waals surface area contributed by atoms with Gasteiger partial charge in [-0.2, -0.15) is 4.52 Å². The van der Waals surface area contributed by atoms with Gasteiger partial charge in [0.05, 0.1) is 11.9 Å². The highest BCUT2D eigenvalue weighted by Crippen LogP contribution is 2.22. The van der Waals surface area contributed by atoms with Crippen LogP contribution in [0.25, 0.3) is 5.65 Å². The maximum atomic E-state index is 6.02. The first-order valence-corrected chi connectivity index (χ1v) is 8.54. The number of nitrogen functional groups attached to an aromatic ring is 1. The van der Waals surface area contributed by atoms with Gasteiger partial charge in [-0.3, -0.25) is 4.90 Å². The van der Waals surface area contributed by atoms with Crippen LogP contribution in [0, 0.1) is 0 Å². The van der Waals surface area contributed by atoms with Gasteiger partial charge in [0.1, 0.15) is 17.3 Å². The van der Waals surface area contributed by atoms with Gasteiger partial charge in [0, 0.05) is 32.2 Å². The minimum atomic E-state index is 0.328. The van der Waals surface area contributed by atoms with E-state index in [2.05, 4.69) is 37.0 Å². The van der Waals surface area contributed by atoms with E-state index in [-0.39, 0.29) is 0 Å². The number of hydrogen-bond acceptors (Lipinski definition) is 7. The molecule has 4 heterocycles. The van der Waals surface area contributed by atoms with Crippen LogP contribution in [0.3, 0.4) is 0 Å². The van der Waals surface area contributed by atoms with E-state index in [1.54, 1.807) is 17.0 Å². The van der Waals surface area contributed by atoms with Gasteiger partial charge in [0.2, 0.25) is 0 Å². The predicted molar refractivity (Wildman–Crippen MR) is 96.5 cm³/mol. The van der Waals surface area contributed by atoms with Crippen LogP contribution in [0.1, 0.15) is 12.5 Å². The van der Waals surface area contributed by atoms with Crippen LogP contribution in [-0.2, 0) is 6.54 Å². The molecule has 0 aliphatic carbocycles. The number of nitrogens with two attached hydrogens (primary N) is 1. The average molecular weight is 359 g/mol. The van der Waals surface area contributed by atoms with Crippen molar-refractivity contribution < 1.29 is 0 Å². The maximum Gasteiger partial charge on any atom is 0.177 e. The Bertz CT molecular complexity index is 895. The van der Waals surface area contributed by atoms with Crippen molar-refractivity contribution in [3.05, 3.63) is 41.4 Å². The topological polar surface area (TPSA) is 88.5 Å². The van der Waals surface area contributed by atoms with Crippen LogP contribution >= 0.6 is 11.6 Å². The molecule has 0 aromatic carbocycles. The van der Waals surface area contributed by atoms with Crippen LogP contribution in [-0.4, -0.2) is 55.4 Å². The number of piperazine rings is 1. The van der Waals surface area contributed by atoms with Crippen LogP contribution in [0.2, 0.25) is 5.15 Å². The molecular weight excluding hydrogens is 340 g/mol. The Morgan fingerprint density at radius 3 is 3.04 bits per heavy atom. The molecule has 1 unspecified atom stereocenters. The lowest BCUT2D eigenvalue weighted by Crippen LogP contribution is -2.52. The first kappa shape index (κ1) is 16.0. The van der Waals surface area contributed by atoms with E-state index in [1.165, 1.54) is 0 Å². The van der Waals surface area contributed by atoms with E-state index in [0.29, 0.717) is 16.9 Å². The second-order valence-electron chi connectivity index (χ2n) is 6.31. The van der Waals surface area contributed by atoms with Gasteiger partial charge in [0.15, 0.2) is 5.65 Å². The molecule has 8 nitrogen and oxygen atoms in total. The highest BCUT2D eigenvalue weighted by Gasteiger charge is 2.25. The molecule has 0 amide bonds. The predicted octanol–water partition coefficient (Wildman–Crippen LogP) is 1.47. The highest BCUT2D eigenvalue weighted by atomic mass is 35.5. The number of hydrogen-bond donors (Lipinski definition) is 1. The summed E-state index contributed by atoms with van der Waals surface area (Å²) in [5.74, 6) is 0.936. The van der Waals surface area contributed by atoms with E-state index >= 15 is 0 Å². The molecule has 130 valence electrons. The van der Waals surface area contributed by atoms with Crippen molar-refractivity contribution in [1.82, 2.24) is 29.7 Å². The molecule has 1 atom stereocenters. The van der Waals surface area contributed by atoms with Crippen molar-refractivity contribution in [2.45, 2.75) is 19.5 Å². The fraction of sp³-hybridized carbons (Fsp3) is 0.375. The Balaban J connectivity index is 1.47. The average Bonchev–Trinajstić information content (AvgIpc) is 3.06. The number of rotatable bonds is 3. The van der Waals surface area contributed by atoms with Crippen molar-refractivity contribution in [2.24, 2.45) is 0 Å². The molecule has 25 heavy (non-hydrogen) atoms. The molecule has 9 heteroatoms. The fourth-order valence-corrected chi connectivity index (χ4v) is 3.43.